The zero-order chi connectivity index (χ0) is 75.2. The van der Waals surface area contributed by atoms with Gasteiger partial charge in [-0.15, -0.1) is 0 Å². The number of aliphatic hydroxyl groups is 2. The number of phosphoric acid groups is 2. The summed E-state index contributed by atoms with van der Waals surface area (Å²) in [6, 6.07) is 0. The molecule has 4 N–H and O–H groups in total. The summed E-state index contributed by atoms with van der Waals surface area (Å²) in [5.41, 5.74) is 0. The van der Waals surface area contributed by atoms with Crippen LogP contribution < -0.4 is 0 Å². The highest BCUT2D eigenvalue weighted by Gasteiger charge is 2.29. The number of hydrogen-bond donors (Lipinski definition) is 4. The molecular formula is C85H146O16P2. The van der Waals surface area contributed by atoms with Crippen molar-refractivity contribution in [1.29, 1.82) is 0 Å². The molecule has 592 valence electrons. The third kappa shape index (κ3) is 78.6. The quantitative estimate of drug-likeness (QED) is 0.0146. The molecule has 0 fully saturated rings. The number of unbranched alkanes of at least 4 members (excludes halogenated alkanes) is 31. The third-order valence-corrected chi connectivity index (χ3v) is 18.7. The maximum atomic E-state index is 12.9. The first-order valence-electron chi connectivity index (χ1n) is 40.5. The lowest BCUT2D eigenvalue weighted by Crippen LogP contribution is -2.30. The van der Waals surface area contributed by atoms with E-state index >= 15 is 0 Å². The molecule has 5 atom stereocenters. The molecule has 0 radical (unpaired) electrons. The molecule has 0 rings (SSSR count). The van der Waals surface area contributed by atoms with Crippen molar-refractivity contribution in [2.75, 3.05) is 39.6 Å². The van der Waals surface area contributed by atoms with E-state index in [0.717, 1.165) is 128 Å². The van der Waals surface area contributed by atoms with Gasteiger partial charge in [-0.1, -0.05) is 302 Å². The van der Waals surface area contributed by atoms with Crippen LogP contribution in [-0.4, -0.2) is 95.9 Å². The molecule has 103 heavy (non-hydrogen) atoms. The Morgan fingerprint density at radius 3 is 0.864 bits per heavy atom. The number of phosphoric ester groups is 2. The van der Waals surface area contributed by atoms with Crippen molar-refractivity contribution in [2.45, 2.75) is 347 Å². The first kappa shape index (κ1) is 98.7. The average Bonchev–Trinajstić information content (AvgIpc) is 0.944. The zero-order valence-corrected chi connectivity index (χ0v) is 66.5. The second-order valence-corrected chi connectivity index (χ2v) is 29.7. The molecule has 0 aliphatic carbocycles. The van der Waals surface area contributed by atoms with Gasteiger partial charge in [0, 0.05) is 19.3 Å². The number of carbonyl (C=O) groups is 3. The summed E-state index contributed by atoms with van der Waals surface area (Å²) in [7, 11) is -9.80. The standard InChI is InChI=1S/C85H146O16P2/c1-4-7-10-13-16-19-22-25-27-29-31-33-34-35-36-37-38-39-40-41-42-43-44-46-48-49-51-54-56-59-62-65-68-71-83(88)95-74-80(86)75-97-102(91,92)98-76-81(87)77-99-103(93,94)100-79-82(101-85(90)73-70-67-64-61-58-53-24-21-18-15-12-9-6-3)78-96-84(89)72-69-66-63-60-57-55-52-50-47-45-32-30-28-26-23-20-17-14-11-8-5-2/h8,11,16-17,19-21,24-28,31-33,35-36,45,50,52,57,60,80-82,86-87H,4-7,9-10,12-15,18,22-23,29-30,34,37-44,46-49,51,53-56,58-59,61-79H2,1-3H3,(H,91,92)(H,93,94)/b11-8-,19-16-,20-17-,24-21-,27-25-,28-26-,33-31-,36-35-,45-32-,52-50-,60-57-. The number of aliphatic hydroxyl groups excluding tert-OH is 2. The van der Waals surface area contributed by atoms with E-state index in [-0.39, 0.29) is 19.3 Å². The van der Waals surface area contributed by atoms with Gasteiger partial charge in [-0.3, -0.25) is 32.5 Å². The molecule has 16 nitrogen and oxygen atoms in total. The Kier molecular flexibility index (Phi) is 74.1. The van der Waals surface area contributed by atoms with Crippen LogP contribution in [0.4, 0.5) is 0 Å². The summed E-state index contributed by atoms with van der Waals surface area (Å²) >= 11 is 0. The Labute approximate surface area is 626 Å². The van der Waals surface area contributed by atoms with Crippen LogP contribution in [0.25, 0.3) is 0 Å². The van der Waals surface area contributed by atoms with Gasteiger partial charge in [-0.25, -0.2) is 9.13 Å². The molecule has 0 aromatic carbocycles. The van der Waals surface area contributed by atoms with Crippen LogP contribution in [-0.2, 0) is 55.8 Å². The minimum Gasteiger partial charge on any atom is -0.463 e. The van der Waals surface area contributed by atoms with Crippen LogP contribution in [0.15, 0.2) is 134 Å². The first-order valence-corrected chi connectivity index (χ1v) is 43.5. The minimum absolute atomic E-state index is 0.0821. The number of carbonyl (C=O) groups excluding carboxylic acids is 3. The smallest absolute Gasteiger partial charge is 0.463 e. The number of hydrogen-bond acceptors (Lipinski definition) is 14. The van der Waals surface area contributed by atoms with E-state index in [1.807, 2.05) is 0 Å². The monoisotopic (exact) mass is 1490 g/mol. The van der Waals surface area contributed by atoms with Crippen LogP contribution >= 0.6 is 15.6 Å². The maximum absolute atomic E-state index is 12.9. The summed E-state index contributed by atoms with van der Waals surface area (Å²) < 4.78 is 61.1. The lowest BCUT2D eigenvalue weighted by molar-refractivity contribution is -0.161. The van der Waals surface area contributed by atoms with E-state index in [1.54, 1.807) is 0 Å². The summed E-state index contributed by atoms with van der Waals surface area (Å²) in [6.07, 6.45) is 93.8. The van der Waals surface area contributed by atoms with Crippen LogP contribution in [0.2, 0.25) is 0 Å². The lowest BCUT2D eigenvalue weighted by atomic mass is 10.0. The van der Waals surface area contributed by atoms with Crippen molar-refractivity contribution in [1.82, 2.24) is 0 Å². The van der Waals surface area contributed by atoms with Gasteiger partial charge in [-0.05, 0) is 141 Å². The molecule has 0 aliphatic rings. The van der Waals surface area contributed by atoms with Crippen LogP contribution in [0, 0.1) is 0 Å². The molecule has 0 amide bonds. The Bertz CT molecular complexity index is 2410. The Hall–Kier alpha value is -4.31. The number of esters is 3. The fraction of sp³-hybridized carbons (Fsp3) is 0.706. The van der Waals surface area contributed by atoms with Crippen molar-refractivity contribution in [2.24, 2.45) is 0 Å². The fourth-order valence-electron chi connectivity index (χ4n) is 10.7. The molecule has 0 saturated carbocycles. The summed E-state index contributed by atoms with van der Waals surface area (Å²) in [6.45, 7) is 2.47. The van der Waals surface area contributed by atoms with Crippen molar-refractivity contribution >= 4 is 33.6 Å². The fourth-order valence-corrected chi connectivity index (χ4v) is 12.3. The number of rotatable bonds is 76. The van der Waals surface area contributed by atoms with Crippen molar-refractivity contribution < 1.29 is 75.8 Å². The average molecular weight is 1490 g/mol. The summed E-state index contributed by atoms with van der Waals surface area (Å²) in [4.78, 5) is 58.6. The van der Waals surface area contributed by atoms with Crippen LogP contribution in [0.1, 0.15) is 329 Å². The molecule has 0 heterocycles. The van der Waals surface area contributed by atoms with Gasteiger partial charge in [0.05, 0.1) is 26.4 Å². The van der Waals surface area contributed by atoms with Gasteiger partial charge in [0.1, 0.15) is 25.4 Å². The molecule has 0 aromatic rings. The molecule has 18 heteroatoms. The van der Waals surface area contributed by atoms with Crippen molar-refractivity contribution in [3.8, 4) is 0 Å². The summed E-state index contributed by atoms with van der Waals surface area (Å²) in [5.74, 6) is -1.63. The highest BCUT2D eigenvalue weighted by molar-refractivity contribution is 7.47. The van der Waals surface area contributed by atoms with E-state index < -0.39 is 91.5 Å². The van der Waals surface area contributed by atoms with Crippen molar-refractivity contribution in [3.05, 3.63) is 134 Å². The molecule has 0 aromatic heterocycles. The second-order valence-electron chi connectivity index (χ2n) is 26.8. The zero-order valence-electron chi connectivity index (χ0n) is 64.7. The molecule has 5 unspecified atom stereocenters. The minimum atomic E-state index is -4.94. The molecule has 0 saturated heterocycles. The normalized spacial score (nSPS) is 14.7. The van der Waals surface area contributed by atoms with Gasteiger partial charge in [-0.2, -0.15) is 0 Å². The van der Waals surface area contributed by atoms with E-state index in [4.69, 9.17) is 32.3 Å². The second kappa shape index (κ2) is 77.3. The Balaban J connectivity index is 4.45. The van der Waals surface area contributed by atoms with E-state index in [1.165, 1.54) is 141 Å². The van der Waals surface area contributed by atoms with Gasteiger partial charge in [0.2, 0.25) is 0 Å². The maximum Gasteiger partial charge on any atom is 0.472 e. The van der Waals surface area contributed by atoms with E-state index in [2.05, 4.69) is 154 Å². The topological polar surface area (TPSA) is 231 Å². The highest BCUT2D eigenvalue weighted by atomic mass is 31.2. The lowest BCUT2D eigenvalue weighted by Gasteiger charge is -2.21. The van der Waals surface area contributed by atoms with E-state index in [0.29, 0.717) is 19.3 Å². The van der Waals surface area contributed by atoms with Crippen molar-refractivity contribution in [3.63, 3.8) is 0 Å². The van der Waals surface area contributed by atoms with Gasteiger partial charge >= 0.3 is 33.6 Å². The van der Waals surface area contributed by atoms with Crippen LogP contribution in [0.3, 0.4) is 0 Å². The Morgan fingerprint density at radius 1 is 0.282 bits per heavy atom. The first-order chi connectivity index (χ1) is 50.2. The molecule has 0 aliphatic heterocycles. The van der Waals surface area contributed by atoms with Gasteiger partial charge in [0.15, 0.2) is 6.10 Å². The molecule has 0 spiro atoms. The van der Waals surface area contributed by atoms with E-state index in [9.17, 15) is 43.5 Å². The number of ether oxygens (including phenoxy) is 3. The number of allylic oxidation sites excluding steroid dienone is 22. The predicted octanol–water partition coefficient (Wildman–Crippen LogP) is 23.9. The Morgan fingerprint density at radius 2 is 0.515 bits per heavy atom. The predicted molar refractivity (Wildman–Crippen MR) is 426 cm³/mol. The SMILES string of the molecule is CC/C=C\C/C=C\C/C=C\C/C=C\C/C=C\C/C=C\CCCCC(=O)OCC(COP(=O)(O)OCC(O)COP(=O)(O)OCC(O)COC(=O)CCCCCCCCCCCCCCCCCCC/C=C\C/C=C\C/C=C\C/C=C\CCCCC)OC(=O)CCCCCCC/C=C\CCCCCC. The highest BCUT2D eigenvalue weighted by Crippen LogP contribution is 2.45. The van der Waals surface area contributed by atoms with Crippen LogP contribution in [0.5, 0.6) is 0 Å². The summed E-state index contributed by atoms with van der Waals surface area (Å²) in [5, 5.41) is 20.6. The molecular weight excluding hydrogens is 1340 g/mol. The molecule has 0 bridgehead atoms. The van der Waals surface area contributed by atoms with Gasteiger partial charge < -0.3 is 34.2 Å². The van der Waals surface area contributed by atoms with Gasteiger partial charge in [0.25, 0.3) is 0 Å². The third-order valence-electron chi connectivity index (χ3n) is 16.8. The largest absolute Gasteiger partial charge is 0.472 e.